The van der Waals surface area contributed by atoms with E-state index in [1.165, 1.54) is 0 Å². The van der Waals surface area contributed by atoms with E-state index in [2.05, 4.69) is 25.0 Å². The van der Waals surface area contributed by atoms with Gasteiger partial charge in [-0.05, 0) is 26.0 Å². The van der Waals surface area contributed by atoms with Crippen molar-refractivity contribution in [1.82, 2.24) is 25.0 Å². The molecule has 3 rings (SSSR count). The van der Waals surface area contributed by atoms with Gasteiger partial charge in [-0.15, -0.1) is 10.2 Å². The van der Waals surface area contributed by atoms with Crippen molar-refractivity contribution in [3.05, 3.63) is 35.3 Å². The van der Waals surface area contributed by atoms with Gasteiger partial charge in [-0.2, -0.15) is 0 Å². The van der Waals surface area contributed by atoms with Crippen LogP contribution < -0.4 is 5.32 Å². The molecule has 1 N–H and O–H groups in total. The van der Waals surface area contributed by atoms with Gasteiger partial charge in [0.1, 0.15) is 17.3 Å². The summed E-state index contributed by atoms with van der Waals surface area (Å²) >= 11 is 0. The van der Waals surface area contributed by atoms with Crippen molar-refractivity contribution >= 4 is 5.91 Å². The van der Waals surface area contributed by atoms with Crippen molar-refractivity contribution in [2.45, 2.75) is 45.8 Å². The number of furan rings is 1. The third-order valence-electron chi connectivity index (χ3n) is 4.62. The van der Waals surface area contributed by atoms with Crippen LogP contribution in [0.2, 0.25) is 0 Å². The zero-order valence-corrected chi connectivity index (χ0v) is 15.7. The van der Waals surface area contributed by atoms with Crippen LogP contribution >= 0.6 is 0 Å². The van der Waals surface area contributed by atoms with Crippen LogP contribution in [0.15, 0.2) is 16.5 Å². The fourth-order valence-electron chi connectivity index (χ4n) is 3.23. The second kappa shape index (κ2) is 8.46. The average molecular weight is 361 g/mol. The SMILES string of the molecule is COCCC(=O)N[C@H](C)c1nnc2n1CCN(Cc1ccc(C)o1)CC2. The Labute approximate surface area is 153 Å². The lowest BCUT2D eigenvalue weighted by molar-refractivity contribution is -0.122. The van der Waals surface area contributed by atoms with Gasteiger partial charge in [-0.1, -0.05) is 0 Å². The quantitative estimate of drug-likeness (QED) is 0.803. The Morgan fingerprint density at radius 3 is 2.92 bits per heavy atom. The van der Waals surface area contributed by atoms with E-state index in [0.29, 0.717) is 13.0 Å². The summed E-state index contributed by atoms with van der Waals surface area (Å²) in [7, 11) is 1.59. The van der Waals surface area contributed by atoms with Crippen LogP contribution in [-0.2, 0) is 29.0 Å². The summed E-state index contributed by atoms with van der Waals surface area (Å²) in [5.74, 6) is 3.66. The Hall–Kier alpha value is -2.19. The molecule has 0 radical (unpaired) electrons. The molecule has 3 heterocycles. The first kappa shape index (κ1) is 18.6. The number of aromatic nitrogens is 3. The highest BCUT2D eigenvalue weighted by atomic mass is 16.5. The molecule has 1 aliphatic rings. The van der Waals surface area contributed by atoms with Gasteiger partial charge in [0.15, 0.2) is 5.82 Å². The maximum Gasteiger partial charge on any atom is 0.222 e. The van der Waals surface area contributed by atoms with E-state index in [0.717, 1.165) is 55.8 Å². The fourth-order valence-corrected chi connectivity index (χ4v) is 3.23. The average Bonchev–Trinajstić information content (AvgIpc) is 3.16. The first-order valence-corrected chi connectivity index (χ1v) is 9.04. The summed E-state index contributed by atoms with van der Waals surface area (Å²) in [5.41, 5.74) is 0. The molecule has 2 aromatic heterocycles. The van der Waals surface area contributed by atoms with Crippen LogP contribution in [0, 0.1) is 6.92 Å². The maximum absolute atomic E-state index is 11.9. The van der Waals surface area contributed by atoms with E-state index >= 15 is 0 Å². The summed E-state index contributed by atoms with van der Waals surface area (Å²) in [4.78, 5) is 14.3. The van der Waals surface area contributed by atoms with Gasteiger partial charge < -0.3 is 19.0 Å². The number of rotatable bonds is 7. The molecule has 0 aromatic carbocycles. The normalized spacial score (nSPS) is 16.1. The van der Waals surface area contributed by atoms with Crippen molar-refractivity contribution < 1.29 is 13.9 Å². The van der Waals surface area contributed by atoms with Crippen molar-refractivity contribution in [3.8, 4) is 0 Å². The van der Waals surface area contributed by atoms with Crippen molar-refractivity contribution in [2.24, 2.45) is 0 Å². The van der Waals surface area contributed by atoms with Crippen LogP contribution in [-0.4, -0.2) is 52.4 Å². The number of aryl methyl sites for hydroxylation is 1. The minimum absolute atomic E-state index is 0.0415. The summed E-state index contributed by atoms with van der Waals surface area (Å²) in [5, 5.41) is 11.6. The third kappa shape index (κ3) is 4.50. The number of hydrogen-bond donors (Lipinski definition) is 1. The van der Waals surface area contributed by atoms with Gasteiger partial charge in [-0.3, -0.25) is 9.69 Å². The minimum atomic E-state index is -0.181. The van der Waals surface area contributed by atoms with E-state index in [4.69, 9.17) is 9.15 Å². The monoisotopic (exact) mass is 361 g/mol. The predicted molar refractivity (Wildman–Crippen MR) is 95.5 cm³/mol. The summed E-state index contributed by atoms with van der Waals surface area (Å²) in [6.07, 6.45) is 1.18. The molecule has 8 nitrogen and oxygen atoms in total. The lowest BCUT2D eigenvalue weighted by atomic mass is 10.3. The molecule has 0 aliphatic carbocycles. The van der Waals surface area contributed by atoms with Gasteiger partial charge in [0.25, 0.3) is 0 Å². The van der Waals surface area contributed by atoms with Crippen molar-refractivity contribution in [3.63, 3.8) is 0 Å². The molecular weight excluding hydrogens is 334 g/mol. The molecule has 0 bridgehead atoms. The molecule has 0 saturated heterocycles. The molecule has 1 atom stereocenters. The lowest BCUT2D eigenvalue weighted by Gasteiger charge is -2.19. The van der Waals surface area contributed by atoms with E-state index in [1.807, 2.05) is 26.0 Å². The van der Waals surface area contributed by atoms with Crippen LogP contribution in [0.5, 0.6) is 0 Å². The van der Waals surface area contributed by atoms with Gasteiger partial charge in [-0.25, -0.2) is 0 Å². The molecule has 0 unspecified atom stereocenters. The fraction of sp³-hybridized carbons (Fsp3) is 0.611. The molecule has 0 saturated carbocycles. The van der Waals surface area contributed by atoms with Gasteiger partial charge in [0.05, 0.1) is 19.2 Å². The van der Waals surface area contributed by atoms with Gasteiger partial charge in [0, 0.05) is 39.6 Å². The number of methoxy groups -OCH3 is 1. The zero-order valence-electron chi connectivity index (χ0n) is 15.7. The summed E-state index contributed by atoms with van der Waals surface area (Å²) in [6.45, 7) is 7.71. The molecule has 8 heteroatoms. The number of nitrogens with one attached hydrogen (secondary N) is 1. The molecule has 0 spiro atoms. The number of nitrogens with zero attached hydrogens (tertiary/aromatic N) is 4. The second-order valence-corrected chi connectivity index (χ2v) is 6.70. The smallest absolute Gasteiger partial charge is 0.222 e. The Morgan fingerprint density at radius 2 is 2.19 bits per heavy atom. The number of carbonyl (C=O) groups excluding carboxylic acids is 1. The summed E-state index contributed by atoms with van der Waals surface area (Å²) < 4.78 is 12.8. The van der Waals surface area contributed by atoms with Crippen LogP contribution in [0.1, 0.15) is 42.6 Å². The first-order chi connectivity index (χ1) is 12.6. The molecule has 1 amide bonds. The Kier molecular flexibility index (Phi) is 6.05. The van der Waals surface area contributed by atoms with Gasteiger partial charge >= 0.3 is 0 Å². The Morgan fingerprint density at radius 1 is 1.35 bits per heavy atom. The van der Waals surface area contributed by atoms with Crippen LogP contribution in [0.4, 0.5) is 0 Å². The van der Waals surface area contributed by atoms with E-state index in [9.17, 15) is 4.79 Å². The molecule has 0 fully saturated rings. The number of fused-ring (bicyclic) bond motifs is 1. The third-order valence-corrected chi connectivity index (χ3v) is 4.62. The van der Waals surface area contributed by atoms with E-state index < -0.39 is 0 Å². The largest absolute Gasteiger partial charge is 0.465 e. The number of hydrogen-bond acceptors (Lipinski definition) is 6. The van der Waals surface area contributed by atoms with Crippen molar-refractivity contribution in [1.29, 1.82) is 0 Å². The standard InChI is InChI=1S/C18H27N5O3/c1-13-4-5-15(26-13)12-22-8-6-16-20-21-18(23(16)10-9-22)14(2)19-17(24)7-11-25-3/h4-5,14H,6-12H2,1-3H3,(H,19,24)/t14-/m1/s1. The molecular formula is C18H27N5O3. The number of carbonyl (C=O) groups is 1. The second-order valence-electron chi connectivity index (χ2n) is 6.70. The van der Waals surface area contributed by atoms with Crippen LogP contribution in [0.25, 0.3) is 0 Å². The maximum atomic E-state index is 11.9. The Bertz CT molecular complexity index is 739. The Balaban J connectivity index is 1.61. The molecule has 2 aromatic rings. The molecule has 142 valence electrons. The number of amides is 1. The highest BCUT2D eigenvalue weighted by Gasteiger charge is 2.23. The minimum Gasteiger partial charge on any atom is -0.465 e. The molecule has 1 aliphatic heterocycles. The lowest BCUT2D eigenvalue weighted by Crippen LogP contribution is -2.30. The predicted octanol–water partition coefficient (Wildman–Crippen LogP) is 1.45. The van der Waals surface area contributed by atoms with E-state index in [1.54, 1.807) is 7.11 Å². The first-order valence-electron chi connectivity index (χ1n) is 9.04. The van der Waals surface area contributed by atoms with E-state index in [-0.39, 0.29) is 11.9 Å². The number of ether oxygens (including phenoxy) is 1. The van der Waals surface area contributed by atoms with Gasteiger partial charge in [0.2, 0.25) is 5.91 Å². The topological polar surface area (TPSA) is 85.4 Å². The zero-order chi connectivity index (χ0) is 18.5. The summed E-state index contributed by atoms with van der Waals surface area (Å²) in [6, 6.07) is 3.84. The van der Waals surface area contributed by atoms with Crippen LogP contribution in [0.3, 0.4) is 0 Å². The highest BCUT2D eigenvalue weighted by Crippen LogP contribution is 2.17. The highest BCUT2D eigenvalue weighted by molar-refractivity contribution is 5.76. The molecule has 26 heavy (non-hydrogen) atoms. The van der Waals surface area contributed by atoms with Crippen molar-refractivity contribution in [2.75, 3.05) is 26.8 Å².